The van der Waals surface area contributed by atoms with Gasteiger partial charge in [0.1, 0.15) is 0 Å². The fourth-order valence-corrected chi connectivity index (χ4v) is 2.92. The molecule has 2 aliphatic heterocycles. The molecule has 0 bridgehead atoms. The smallest absolute Gasteiger partial charge is 0.193 e. The summed E-state index contributed by atoms with van der Waals surface area (Å²) in [5.74, 6) is 1.66. The highest BCUT2D eigenvalue weighted by molar-refractivity contribution is 5.79. The lowest BCUT2D eigenvalue weighted by Gasteiger charge is -2.25. The fourth-order valence-electron chi connectivity index (χ4n) is 2.92. The van der Waals surface area contributed by atoms with Crippen LogP contribution in [0.25, 0.3) is 0 Å². The van der Waals surface area contributed by atoms with E-state index in [1.54, 1.807) is 0 Å². The molecule has 0 aromatic rings. The molecule has 0 radical (unpaired) electrons. The van der Waals surface area contributed by atoms with E-state index in [0.717, 1.165) is 38.8 Å². The molecule has 0 aromatic carbocycles. The number of aliphatic imine (C=N–C) groups is 1. The van der Waals surface area contributed by atoms with Crippen LogP contribution in [0.3, 0.4) is 0 Å². The van der Waals surface area contributed by atoms with Crippen LogP contribution in [0.1, 0.15) is 19.3 Å². The Morgan fingerprint density at radius 1 is 1.42 bits per heavy atom. The van der Waals surface area contributed by atoms with E-state index in [4.69, 9.17) is 4.74 Å². The van der Waals surface area contributed by atoms with Gasteiger partial charge in [0, 0.05) is 46.3 Å². The molecule has 0 aromatic heterocycles. The van der Waals surface area contributed by atoms with Crippen LogP contribution in [0, 0.1) is 5.92 Å². The summed E-state index contributed by atoms with van der Waals surface area (Å²) in [6.45, 7) is 7.47. The number of guanidine groups is 1. The fraction of sp³-hybridized carbons (Fsp3) is 0.929. The molecular formula is C14H28N4O. The molecule has 0 amide bonds. The van der Waals surface area contributed by atoms with Crippen molar-refractivity contribution in [1.82, 2.24) is 15.1 Å². The highest BCUT2D eigenvalue weighted by atomic mass is 16.5. The van der Waals surface area contributed by atoms with E-state index in [0.29, 0.717) is 5.92 Å². The summed E-state index contributed by atoms with van der Waals surface area (Å²) in [6, 6.07) is 0. The summed E-state index contributed by atoms with van der Waals surface area (Å²) in [5.41, 5.74) is 0. The van der Waals surface area contributed by atoms with Crippen molar-refractivity contribution < 1.29 is 4.74 Å². The van der Waals surface area contributed by atoms with Crippen molar-refractivity contribution in [1.29, 1.82) is 0 Å². The van der Waals surface area contributed by atoms with Gasteiger partial charge in [0.15, 0.2) is 5.96 Å². The first-order chi connectivity index (χ1) is 9.29. The first-order valence-corrected chi connectivity index (χ1v) is 7.51. The average molecular weight is 268 g/mol. The Morgan fingerprint density at radius 3 is 2.84 bits per heavy atom. The van der Waals surface area contributed by atoms with E-state index in [-0.39, 0.29) is 0 Å². The van der Waals surface area contributed by atoms with Gasteiger partial charge in [0.05, 0.1) is 6.61 Å². The van der Waals surface area contributed by atoms with Crippen LogP contribution in [0.2, 0.25) is 0 Å². The third kappa shape index (κ3) is 4.66. The molecule has 5 nitrogen and oxygen atoms in total. The molecule has 0 saturated carbocycles. The molecule has 2 aliphatic rings. The molecule has 5 heteroatoms. The Bertz CT molecular complexity index is 283. The number of nitrogens with one attached hydrogen (secondary N) is 1. The number of ether oxygens (including phenoxy) is 1. The van der Waals surface area contributed by atoms with Gasteiger partial charge in [-0.3, -0.25) is 4.99 Å². The van der Waals surface area contributed by atoms with Crippen LogP contribution in [0.5, 0.6) is 0 Å². The summed E-state index contributed by atoms with van der Waals surface area (Å²) in [4.78, 5) is 9.11. The summed E-state index contributed by atoms with van der Waals surface area (Å²) in [6.07, 6.45) is 3.89. The Balaban J connectivity index is 1.66. The van der Waals surface area contributed by atoms with E-state index in [9.17, 15) is 0 Å². The number of nitrogens with zero attached hydrogens (tertiary/aromatic N) is 3. The minimum Gasteiger partial charge on any atom is -0.381 e. The first-order valence-electron chi connectivity index (χ1n) is 7.51. The number of likely N-dealkylation sites (tertiary alicyclic amines) is 1. The van der Waals surface area contributed by atoms with Gasteiger partial charge in [-0.05, 0) is 32.4 Å². The molecule has 1 N–H and O–H groups in total. The average Bonchev–Trinajstić information content (AvgIpc) is 3.07. The van der Waals surface area contributed by atoms with Crippen molar-refractivity contribution >= 4 is 5.96 Å². The minimum absolute atomic E-state index is 0.655. The van der Waals surface area contributed by atoms with Gasteiger partial charge in [-0.2, -0.15) is 0 Å². The van der Waals surface area contributed by atoms with Gasteiger partial charge in [0.25, 0.3) is 0 Å². The van der Waals surface area contributed by atoms with Crippen molar-refractivity contribution in [3.8, 4) is 0 Å². The maximum absolute atomic E-state index is 5.43. The van der Waals surface area contributed by atoms with Crippen molar-refractivity contribution in [2.75, 3.05) is 60.0 Å². The second kappa shape index (κ2) is 7.70. The summed E-state index contributed by atoms with van der Waals surface area (Å²) in [5, 5.41) is 3.46. The molecule has 2 heterocycles. The van der Waals surface area contributed by atoms with Crippen LogP contribution in [-0.4, -0.2) is 75.8 Å². The number of hydrogen-bond acceptors (Lipinski definition) is 3. The van der Waals surface area contributed by atoms with Gasteiger partial charge in [-0.25, -0.2) is 0 Å². The molecule has 2 fully saturated rings. The second-order valence-corrected chi connectivity index (χ2v) is 5.63. The number of rotatable bonds is 5. The Labute approximate surface area is 117 Å². The number of hydrogen-bond donors (Lipinski definition) is 1. The van der Waals surface area contributed by atoms with Crippen molar-refractivity contribution in [2.24, 2.45) is 10.9 Å². The predicted octanol–water partition coefficient (Wildman–Crippen LogP) is 0.626. The zero-order chi connectivity index (χ0) is 13.5. The third-order valence-electron chi connectivity index (χ3n) is 4.04. The Kier molecular flexibility index (Phi) is 5.92. The molecule has 2 rings (SSSR count). The van der Waals surface area contributed by atoms with Crippen LogP contribution in [0.4, 0.5) is 0 Å². The first kappa shape index (κ1) is 14.6. The molecule has 19 heavy (non-hydrogen) atoms. The highest BCUT2D eigenvalue weighted by Gasteiger charge is 2.19. The van der Waals surface area contributed by atoms with Crippen LogP contribution >= 0.6 is 0 Å². The molecule has 110 valence electrons. The van der Waals surface area contributed by atoms with Gasteiger partial charge >= 0.3 is 0 Å². The van der Waals surface area contributed by atoms with E-state index in [1.807, 2.05) is 7.05 Å². The summed E-state index contributed by atoms with van der Waals surface area (Å²) >= 11 is 0. The lowest BCUT2D eigenvalue weighted by atomic mass is 10.1. The maximum Gasteiger partial charge on any atom is 0.193 e. The molecule has 1 unspecified atom stereocenters. The standard InChI is InChI=1S/C14H28N4O/c1-15-14(16-6-9-18-7-3-4-8-18)17(2)11-13-5-10-19-12-13/h13H,3-12H2,1-2H3,(H,15,16). The zero-order valence-electron chi connectivity index (χ0n) is 12.4. The van der Waals surface area contributed by atoms with Crippen LogP contribution in [0.15, 0.2) is 4.99 Å². The van der Waals surface area contributed by atoms with Crippen molar-refractivity contribution in [3.63, 3.8) is 0 Å². The molecule has 2 saturated heterocycles. The second-order valence-electron chi connectivity index (χ2n) is 5.63. The quantitative estimate of drug-likeness (QED) is 0.586. The van der Waals surface area contributed by atoms with Crippen molar-refractivity contribution in [2.45, 2.75) is 19.3 Å². The van der Waals surface area contributed by atoms with Crippen LogP contribution < -0.4 is 5.32 Å². The monoisotopic (exact) mass is 268 g/mol. The predicted molar refractivity (Wildman–Crippen MR) is 78.6 cm³/mol. The minimum atomic E-state index is 0.655. The van der Waals surface area contributed by atoms with E-state index >= 15 is 0 Å². The van der Waals surface area contributed by atoms with Crippen molar-refractivity contribution in [3.05, 3.63) is 0 Å². The van der Waals surface area contributed by atoms with Gasteiger partial charge < -0.3 is 19.9 Å². The van der Waals surface area contributed by atoms with Gasteiger partial charge in [-0.1, -0.05) is 0 Å². The molecule has 0 spiro atoms. The normalized spacial score (nSPS) is 24.9. The van der Waals surface area contributed by atoms with Gasteiger partial charge in [0.2, 0.25) is 0 Å². The SMILES string of the molecule is CN=C(NCCN1CCCC1)N(C)CC1CCOC1. The maximum atomic E-state index is 5.43. The van der Waals surface area contributed by atoms with E-state index < -0.39 is 0 Å². The van der Waals surface area contributed by atoms with E-state index in [2.05, 4.69) is 27.2 Å². The van der Waals surface area contributed by atoms with Crippen LogP contribution in [-0.2, 0) is 4.74 Å². The summed E-state index contributed by atoms with van der Waals surface area (Å²) in [7, 11) is 3.98. The topological polar surface area (TPSA) is 40.1 Å². The van der Waals surface area contributed by atoms with E-state index in [1.165, 1.54) is 32.4 Å². The largest absolute Gasteiger partial charge is 0.381 e. The van der Waals surface area contributed by atoms with Gasteiger partial charge in [-0.15, -0.1) is 0 Å². The molecule has 0 aliphatic carbocycles. The molecule has 1 atom stereocenters. The zero-order valence-corrected chi connectivity index (χ0v) is 12.4. The lowest BCUT2D eigenvalue weighted by molar-refractivity contribution is 0.181. The Hall–Kier alpha value is -0.810. The summed E-state index contributed by atoms with van der Waals surface area (Å²) < 4.78 is 5.43. The highest BCUT2D eigenvalue weighted by Crippen LogP contribution is 2.13. The molecular weight excluding hydrogens is 240 g/mol. The Morgan fingerprint density at radius 2 is 2.21 bits per heavy atom. The third-order valence-corrected chi connectivity index (χ3v) is 4.04. The lowest BCUT2D eigenvalue weighted by Crippen LogP contribution is -2.44.